The molecular weight excluding hydrogens is 301 g/mol. The summed E-state index contributed by atoms with van der Waals surface area (Å²) >= 11 is 13.9. The smallest absolute Gasteiger partial charge is 0.228 e. The molecule has 0 aromatic carbocycles. The second kappa shape index (κ2) is 4.94. The van der Waals surface area contributed by atoms with Gasteiger partial charge in [-0.05, 0) is 38.3 Å². The van der Waals surface area contributed by atoms with Crippen LogP contribution >= 0.6 is 34.5 Å². The van der Waals surface area contributed by atoms with E-state index < -0.39 is 10.3 Å². The molecule has 1 aliphatic carbocycles. The average molecular weight is 320 g/mol. The lowest BCUT2D eigenvalue weighted by molar-refractivity contribution is -0.127. The van der Waals surface area contributed by atoms with E-state index in [0.717, 1.165) is 15.6 Å². The molecule has 4 atom stereocenters. The van der Waals surface area contributed by atoms with Crippen LogP contribution in [0.1, 0.15) is 45.0 Å². The third-order valence-electron chi connectivity index (χ3n) is 4.67. The summed E-state index contributed by atoms with van der Waals surface area (Å²) in [5.41, 5.74) is -0.441. The van der Waals surface area contributed by atoms with E-state index in [0.29, 0.717) is 0 Å². The highest BCUT2D eigenvalue weighted by atomic mass is 35.5. The Hall–Kier alpha value is -0.250. The fraction of sp³-hybridized carbons (Fsp3) is 0.643. The van der Waals surface area contributed by atoms with E-state index >= 15 is 0 Å². The number of rotatable bonds is 4. The molecule has 1 saturated carbocycles. The van der Waals surface area contributed by atoms with E-state index in [1.54, 1.807) is 0 Å². The van der Waals surface area contributed by atoms with E-state index in [-0.39, 0.29) is 17.9 Å². The Kier molecular flexibility index (Phi) is 3.94. The topological polar surface area (TPSA) is 29.1 Å². The quantitative estimate of drug-likeness (QED) is 0.806. The summed E-state index contributed by atoms with van der Waals surface area (Å²) in [5.74, 6) is 0.253. The van der Waals surface area contributed by atoms with Crippen molar-refractivity contribution < 1.29 is 4.79 Å². The van der Waals surface area contributed by atoms with Crippen LogP contribution in [-0.2, 0) is 4.79 Å². The van der Waals surface area contributed by atoms with Gasteiger partial charge < -0.3 is 5.32 Å². The second-order valence-corrected chi connectivity index (χ2v) is 7.99. The molecule has 1 aromatic heterocycles. The molecule has 1 aromatic rings. The van der Waals surface area contributed by atoms with Gasteiger partial charge >= 0.3 is 0 Å². The fourth-order valence-electron chi connectivity index (χ4n) is 3.07. The Bertz CT molecular complexity index is 499. The summed E-state index contributed by atoms with van der Waals surface area (Å²) in [6, 6.07) is 3.77. The molecule has 1 amide bonds. The van der Waals surface area contributed by atoms with Crippen LogP contribution in [0.5, 0.6) is 0 Å². The van der Waals surface area contributed by atoms with Crippen LogP contribution in [0.2, 0.25) is 4.34 Å². The first-order valence-electron chi connectivity index (χ1n) is 6.52. The standard InChI is InChI=1S/C14H19Cl2NOS/c1-5-14(9(3)13(14,4)16)12(18)17-8(2)10-6-7-11(15)19-10/h6-9H,5H2,1-4H3,(H,17,18). The number of carbonyl (C=O) groups excluding carboxylic acids is 1. The number of halogens is 2. The van der Waals surface area contributed by atoms with Gasteiger partial charge in [-0.25, -0.2) is 0 Å². The van der Waals surface area contributed by atoms with Crippen molar-refractivity contribution in [2.45, 2.75) is 45.0 Å². The van der Waals surface area contributed by atoms with Crippen molar-refractivity contribution in [2.24, 2.45) is 11.3 Å². The summed E-state index contributed by atoms with van der Waals surface area (Å²) in [4.78, 5) is 13.2. The molecule has 0 bridgehead atoms. The summed E-state index contributed by atoms with van der Waals surface area (Å²) in [6.07, 6.45) is 0.762. The zero-order valence-electron chi connectivity index (χ0n) is 11.6. The maximum absolute atomic E-state index is 12.6. The highest BCUT2D eigenvalue weighted by Gasteiger charge is 2.74. The van der Waals surface area contributed by atoms with Crippen molar-refractivity contribution in [3.05, 3.63) is 21.3 Å². The van der Waals surface area contributed by atoms with Gasteiger partial charge in [0, 0.05) is 4.88 Å². The largest absolute Gasteiger partial charge is 0.348 e. The molecule has 5 heteroatoms. The van der Waals surface area contributed by atoms with Crippen molar-refractivity contribution in [3.8, 4) is 0 Å². The molecular formula is C14H19Cl2NOS. The maximum atomic E-state index is 12.6. The van der Waals surface area contributed by atoms with E-state index in [9.17, 15) is 4.79 Å². The predicted molar refractivity (Wildman–Crippen MR) is 82.0 cm³/mol. The molecule has 0 radical (unpaired) electrons. The third-order valence-corrected chi connectivity index (χ3v) is 6.75. The molecule has 0 saturated heterocycles. The van der Waals surface area contributed by atoms with Gasteiger partial charge in [0.05, 0.1) is 20.7 Å². The van der Waals surface area contributed by atoms with E-state index in [1.807, 2.05) is 39.8 Å². The number of thiophene rings is 1. The van der Waals surface area contributed by atoms with Gasteiger partial charge in [0.1, 0.15) is 0 Å². The Morgan fingerprint density at radius 2 is 2.16 bits per heavy atom. The van der Waals surface area contributed by atoms with Crippen LogP contribution < -0.4 is 5.32 Å². The lowest BCUT2D eigenvalue weighted by atomic mass is 9.97. The summed E-state index contributed by atoms with van der Waals surface area (Å²) in [6.45, 7) is 8.00. The zero-order chi connectivity index (χ0) is 14.4. The van der Waals surface area contributed by atoms with Crippen molar-refractivity contribution >= 4 is 40.4 Å². The van der Waals surface area contributed by atoms with E-state index in [1.165, 1.54) is 11.3 Å². The molecule has 0 spiro atoms. The van der Waals surface area contributed by atoms with Crippen molar-refractivity contribution in [1.29, 1.82) is 0 Å². The van der Waals surface area contributed by atoms with Gasteiger partial charge in [0.15, 0.2) is 0 Å². The van der Waals surface area contributed by atoms with E-state index in [2.05, 4.69) is 5.32 Å². The number of nitrogens with one attached hydrogen (secondary N) is 1. The Morgan fingerprint density at radius 3 is 2.53 bits per heavy atom. The third kappa shape index (κ3) is 2.20. The number of hydrogen-bond donors (Lipinski definition) is 1. The van der Waals surface area contributed by atoms with Crippen molar-refractivity contribution in [3.63, 3.8) is 0 Å². The molecule has 1 fully saturated rings. The average Bonchev–Trinajstić information content (AvgIpc) is 2.67. The molecule has 0 aliphatic heterocycles. The van der Waals surface area contributed by atoms with Crippen molar-refractivity contribution in [1.82, 2.24) is 5.32 Å². The van der Waals surface area contributed by atoms with Gasteiger partial charge in [-0.2, -0.15) is 0 Å². The molecule has 19 heavy (non-hydrogen) atoms. The minimum atomic E-state index is -0.441. The Balaban J connectivity index is 2.10. The first-order chi connectivity index (χ1) is 8.77. The number of carbonyl (C=O) groups is 1. The fourth-order valence-corrected chi connectivity index (χ4v) is 4.65. The lowest BCUT2D eigenvalue weighted by Gasteiger charge is -2.20. The SMILES string of the molecule is CCC1(C(=O)NC(C)c2ccc(Cl)s2)C(C)C1(C)Cl. The molecule has 106 valence electrons. The summed E-state index contributed by atoms with van der Waals surface area (Å²) in [5, 5.41) is 3.08. The molecule has 2 rings (SSSR count). The maximum Gasteiger partial charge on any atom is 0.228 e. The molecule has 1 N–H and O–H groups in total. The first-order valence-corrected chi connectivity index (χ1v) is 8.09. The minimum Gasteiger partial charge on any atom is -0.348 e. The van der Waals surface area contributed by atoms with Crippen LogP contribution in [0.4, 0.5) is 0 Å². The Morgan fingerprint density at radius 1 is 1.58 bits per heavy atom. The molecule has 1 heterocycles. The normalized spacial score (nSPS) is 34.9. The number of amides is 1. The second-order valence-electron chi connectivity index (χ2n) is 5.46. The van der Waals surface area contributed by atoms with Gasteiger partial charge in [-0.15, -0.1) is 22.9 Å². The number of alkyl halides is 1. The van der Waals surface area contributed by atoms with Gasteiger partial charge in [-0.3, -0.25) is 4.79 Å². The highest BCUT2D eigenvalue weighted by Crippen LogP contribution is 2.68. The van der Waals surface area contributed by atoms with Gasteiger partial charge in [0.25, 0.3) is 0 Å². The minimum absolute atomic E-state index is 0.0336. The lowest BCUT2D eigenvalue weighted by Crippen LogP contribution is -2.37. The number of hydrogen-bond acceptors (Lipinski definition) is 2. The monoisotopic (exact) mass is 319 g/mol. The van der Waals surface area contributed by atoms with Crippen LogP contribution in [0.15, 0.2) is 12.1 Å². The van der Waals surface area contributed by atoms with Gasteiger partial charge in [0.2, 0.25) is 5.91 Å². The van der Waals surface area contributed by atoms with Crippen molar-refractivity contribution in [2.75, 3.05) is 0 Å². The Labute approximate surface area is 128 Å². The summed E-state index contributed by atoms with van der Waals surface area (Å²) in [7, 11) is 0. The van der Waals surface area contributed by atoms with Crippen LogP contribution in [0, 0.1) is 11.3 Å². The molecule has 2 nitrogen and oxygen atoms in total. The van der Waals surface area contributed by atoms with Crippen LogP contribution in [0.3, 0.4) is 0 Å². The highest BCUT2D eigenvalue weighted by molar-refractivity contribution is 7.16. The summed E-state index contributed by atoms with van der Waals surface area (Å²) < 4.78 is 0.739. The molecule has 1 aliphatic rings. The van der Waals surface area contributed by atoms with Crippen LogP contribution in [-0.4, -0.2) is 10.8 Å². The first kappa shape index (κ1) is 15.1. The van der Waals surface area contributed by atoms with Gasteiger partial charge in [-0.1, -0.05) is 25.4 Å². The molecule has 4 unspecified atom stereocenters. The predicted octanol–water partition coefficient (Wildman–Crippen LogP) is 4.62. The van der Waals surface area contributed by atoms with Crippen LogP contribution in [0.25, 0.3) is 0 Å². The zero-order valence-corrected chi connectivity index (χ0v) is 13.9. The van der Waals surface area contributed by atoms with E-state index in [4.69, 9.17) is 23.2 Å².